The second kappa shape index (κ2) is 5.65. The van der Waals surface area contributed by atoms with E-state index >= 15 is 0 Å². The SMILES string of the molecule is COc1ccccc1C(=O)Nc1c(C)cc(O)cc1C. The van der Waals surface area contributed by atoms with Gasteiger partial charge in [-0.2, -0.15) is 0 Å². The Kier molecular flexibility index (Phi) is 3.94. The standard InChI is InChI=1S/C16H17NO3/c1-10-8-12(18)9-11(2)15(10)17-16(19)13-6-4-5-7-14(13)20-3/h4-9,18H,1-3H3,(H,17,19). The third-order valence-electron chi connectivity index (χ3n) is 3.11. The third kappa shape index (κ3) is 2.74. The number of carbonyl (C=O) groups excluding carboxylic acids is 1. The molecule has 2 N–H and O–H groups in total. The average Bonchev–Trinajstić information content (AvgIpc) is 2.42. The van der Waals surface area contributed by atoms with Crippen LogP contribution in [0.5, 0.6) is 11.5 Å². The number of para-hydroxylation sites is 1. The topological polar surface area (TPSA) is 58.6 Å². The lowest BCUT2D eigenvalue weighted by Gasteiger charge is -2.13. The summed E-state index contributed by atoms with van der Waals surface area (Å²) in [7, 11) is 1.53. The van der Waals surface area contributed by atoms with E-state index in [1.54, 1.807) is 30.3 Å². The summed E-state index contributed by atoms with van der Waals surface area (Å²) in [4.78, 5) is 12.3. The summed E-state index contributed by atoms with van der Waals surface area (Å²) in [5.74, 6) is 0.480. The predicted molar refractivity (Wildman–Crippen MR) is 78.5 cm³/mol. The van der Waals surface area contributed by atoms with Gasteiger partial charge in [0.25, 0.3) is 5.91 Å². The summed E-state index contributed by atoms with van der Waals surface area (Å²) >= 11 is 0. The molecule has 2 rings (SSSR count). The highest BCUT2D eigenvalue weighted by Crippen LogP contribution is 2.27. The zero-order chi connectivity index (χ0) is 14.7. The van der Waals surface area contributed by atoms with Crippen LogP contribution in [0, 0.1) is 13.8 Å². The maximum absolute atomic E-state index is 12.3. The predicted octanol–water partition coefficient (Wildman–Crippen LogP) is 3.27. The number of hydrogen-bond acceptors (Lipinski definition) is 3. The molecule has 0 saturated heterocycles. The summed E-state index contributed by atoms with van der Waals surface area (Å²) in [6.07, 6.45) is 0. The minimum atomic E-state index is -0.237. The van der Waals surface area contributed by atoms with Crippen molar-refractivity contribution in [2.45, 2.75) is 13.8 Å². The van der Waals surface area contributed by atoms with E-state index < -0.39 is 0 Å². The Hall–Kier alpha value is -2.49. The van der Waals surface area contributed by atoms with E-state index in [0.29, 0.717) is 17.0 Å². The van der Waals surface area contributed by atoms with E-state index in [4.69, 9.17) is 4.74 Å². The van der Waals surface area contributed by atoms with Crippen LogP contribution in [0.2, 0.25) is 0 Å². The zero-order valence-corrected chi connectivity index (χ0v) is 11.7. The summed E-state index contributed by atoms with van der Waals surface area (Å²) in [6.45, 7) is 3.68. The molecule has 4 heteroatoms. The maximum Gasteiger partial charge on any atom is 0.259 e. The van der Waals surface area contributed by atoms with Gasteiger partial charge < -0.3 is 15.2 Å². The molecule has 0 radical (unpaired) electrons. The molecule has 2 aromatic carbocycles. The van der Waals surface area contributed by atoms with Crippen molar-refractivity contribution < 1.29 is 14.6 Å². The Labute approximate surface area is 118 Å². The Balaban J connectivity index is 2.33. The highest BCUT2D eigenvalue weighted by atomic mass is 16.5. The van der Waals surface area contributed by atoms with E-state index in [1.807, 2.05) is 19.9 Å². The van der Waals surface area contributed by atoms with Crippen LogP contribution in [0.3, 0.4) is 0 Å². The molecule has 0 bridgehead atoms. The molecule has 0 aromatic heterocycles. The largest absolute Gasteiger partial charge is 0.508 e. The highest BCUT2D eigenvalue weighted by Gasteiger charge is 2.14. The van der Waals surface area contributed by atoms with Crippen molar-refractivity contribution in [3.05, 3.63) is 53.1 Å². The number of amides is 1. The molecule has 0 saturated carbocycles. The molecule has 4 nitrogen and oxygen atoms in total. The molecule has 0 aliphatic carbocycles. The maximum atomic E-state index is 12.3. The normalized spacial score (nSPS) is 10.2. The molecular weight excluding hydrogens is 254 g/mol. The Morgan fingerprint density at radius 3 is 2.35 bits per heavy atom. The lowest BCUT2D eigenvalue weighted by Crippen LogP contribution is -2.14. The van der Waals surface area contributed by atoms with Crippen LogP contribution in [-0.4, -0.2) is 18.1 Å². The number of rotatable bonds is 3. The van der Waals surface area contributed by atoms with Crippen molar-refractivity contribution in [1.82, 2.24) is 0 Å². The van der Waals surface area contributed by atoms with Gasteiger partial charge in [0.05, 0.1) is 12.7 Å². The highest BCUT2D eigenvalue weighted by molar-refractivity contribution is 6.06. The Bertz CT molecular complexity index is 627. The van der Waals surface area contributed by atoms with Crippen LogP contribution >= 0.6 is 0 Å². The van der Waals surface area contributed by atoms with Crippen molar-refractivity contribution in [3.8, 4) is 11.5 Å². The van der Waals surface area contributed by atoms with Gasteiger partial charge in [-0.25, -0.2) is 0 Å². The minimum Gasteiger partial charge on any atom is -0.508 e. The van der Waals surface area contributed by atoms with Gasteiger partial charge in [0, 0.05) is 5.69 Å². The van der Waals surface area contributed by atoms with Crippen LogP contribution in [0.1, 0.15) is 21.5 Å². The number of phenols is 1. The second-order valence-electron chi connectivity index (χ2n) is 4.61. The number of aromatic hydroxyl groups is 1. The van der Waals surface area contributed by atoms with E-state index in [2.05, 4.69) is 5.32 Å². The minimum absolute atomic E-state index is 0.190. The number of ether oxygens (including phenoxy) is 1. The van der Waals surface area contributed by atoms with Crippen molar-refractivity contribution in [1.29, 1.82) is 0 Å². The molecule has 104 valence electrons. The lowest BCUT2D eigenvalue weighted by molar-refractivity contribution is 0.102. The molecule has 0 aliphatic heterocycles. The summed E-state index contributed by atoms with van der Waals surface area (Å²) in [5.41, 5.74) is 2.80. The van der Waals surface area contributed by atoms with Gasteiger partial charge in [-0.15, -0.1) is 0 Å². The molecule has 0 fully saturated rings. The van der Waals surface area contributed by atoms with Crippen LogP contribution in [0.15, 0.2) is 36.4 Å². The summed E-state index contributed by atoms with van der Waals surface area (Å²) in [6, 6.07) is 10.3. The van der Waals surface area contributed by atoms with E-state index in [9.17, 15) is 9.90 Å². The number of carbonyl (C=O) groups is 1. The summed E-state index contributed by atoms with van der Waals surface area (Å²) < 4.78 is 5.18. The molecule has 1 amide bonds. The number of methoxy groups -OCH3 is 1. The monoisotopic (exact) mass is 271 g/mol. The van der Waals surface area contributed by atoms with Gasteiger partial charge in [0.1, 0.15) is 11.5 Å². The number of aryl methyl sites for hydroxylation is 2. The van der Waals surface area contributed by atoms with Crippen LogP contribution in [0.25, 0.3) is 0 Å². The molecule has 0 atom stereocenters. The molecule has 20 heavy (non-hydrogen) atoms. The van der Waals surface area contributed by atoms with Gasteiger partial charge in [0.2, 0.25) is 0 Å². The van der Waals surface area contributed by atoms with Gasteiger partial charge in [0.15, 0.2) is 0 Å². The first-order chi connectivity index (χ1) is 9.52. The molecule has 0 aliphatic rings. The fourth-order valence-electron chi connectivity index (χ4n) is 2.15. The lowest BCUT2D eigenvalue weighted by atomic mass is 10.1. The first-order valence-electron chi connectivity index (χ1n) is 6.27. The number of benzene rings is 2. The van der Waals surface area contributed by atoms with Gasteiger partial charge in [-0.05, 0) is 49.2 Å². The number of hydrogen-bond donors (Lipinski definition) is 2. The van der Waals surface area contributed by atoms with Crippen molar-refractivity contribution in [2.24, 2.45) is 0 Å². The van der Waals surface area contributed by atoms with Crippen LogP contribution in [-0.2, 0) is 0 Å². The summed E-state index contributed by atoms with van der Waals surface area (Å²) in [5, 5.41) is 12.4. The van der Waals surface area contributed by atoms with Crippen molar-refractivity contribution in [3.63, 3.8) is 0 Å². The van der Waals surface area contributed by atoms with E-state index in [-0.39, 0.29) is 11.7 Å². The van der Waals surface area contributed by atoms with Crippen LogP contribution in [0.4, 0.5) is 5.69 Å². The quantitative estimate of drug-likeness (QED) is 0.842. The molecule has 0 heterocycles. The van der Waals surface area contributed by atoms with Gasteiger partial charge in [-0.1, -0.05) is 12.1 Å². The zero-order valence-electron chi connectivity index (χ0n) is 11.7. The third-order valence-corrected chi connectivity index (χ3v) is 3.11. The Morgan fingerprint density at radius 2 is 1.75 bits per heavy atom. The van der Waals surface area contributed by atoms with Crippen molar-refractivity contribution in [2.75, 3.05) is 12.4 Å². The van der Waals surface area contributed by atoms with Gasteiger partial charge >= 0.3 is 0 Å². The smallest absolute Gasteiger partial charge is 0.259 e. The number of phenolic OH excluding ortho intramolecular Hbond substituents is 1. The molecule has 0 unspecified atom stereocenters. The Morgan fingerprint density at radius 1 is 1.15 bits per heavy atom. The average molecular weight is 271 g/mol. The van der Waals surface area contributed by atoms with Gasteiger partial charge in [-0.3, -0.25) is 4.79 Å². The fourth-order valence-corrected chi connectivity index (χ4v) is 2.15. The molecule has 0 spiro atoms. The number of anilines is 1. The molecule has 2 aromatic rings. The number of nitrogens with one attached hydrogen (secondary N) is 1. The van der Waals surface area contributed by atoms with E-state index in [1.165, 1.54) is 7.11 Å². The first kappa shape index (κ1) is 13.9. The van der Waals surface area contributed by atoms with Crippen LogP contribution < -0.4 is 10.1 Å². The molecular formula is C16H17NO3. The van der Waals surface area contributed by atoms with E-state index in [0.717, 1.165) is 11.1 Å². The second-order valence-corrected chi connectivity index (χ2v) is 4.61. The fraction of sp³-hybridized carbons (Fsp3) is 0.188. The first-order valence-corrected chi connectivity index (χ1v) is 6.27. The van der Waals surface area contributed by atoms with Crippen molar-refractivity contribution >= 4 is 11.6 Å².